The minimum atomic E-state index is -1.67. The van der Waals surface area contributed by atoms with Crippen LogP contribution in [0.1, 0.15) is 76.6 Å². The maximum atomic E-state index is 12.7. The van der Waals surface area contributed by atoms with Gasteiger partial charge in [0.15, 0.2) is 73.8 Å². The molecule has 39 heteroatoms. The van der Waals surface area contributed by atoms with Gasteiger partial charge < -0.3 is 114 Å². The number of alkyl halides is 6. The van der Waals surface area contributed by atoms with Crippen LogP contribution in [0.2, 0.25) is 0 Å². The second kappa shape index (κ2) is 36.0. The van der Waals surface area contributed by atoms with Crippen LogP contribution in [0.15, 0.2) is 246 Å². The summed E-state index contributed by atoms with van der Waals surface area (Å²) in [7, 11) is 0. The first-order chi connectivity index (χ1) is 69.8. The molecule has 17 aliphatic rings. The third-order valence-electron chi connectivity index (χ3n) is 30.0. The van der Waals surface area contributed by atoms with E-state index in [-0.39, 0.29) is 115 Å². The van der Waals surface area contributed by atoms with Crippen LogP contribution in [0.3, 0.4) is 0 Å². The van der Waals surface area contributed by atoms with Crippen molar-refractivity contribution in [2.75, 3.05) is 0 Å². The van der Waals surface area contributed by atoms with E-state index >= 15 is 0 Å². The predicted molar refractivity (Wildman–Crippen MR) is 538 cm³/mol. The number of allylic oxidation sites excluding steroid dienone is 4. The van der Waals surface area contributed by atoms with Crippen molar-refractivity contribution in [2.24, 2.45) is 58.7 Å². The lowest BCUT2D eigenvalue weighted by Gasteiger charge is -2.78. The van der Waals surface area contributed by atoms with E-state index in [2.05, 4.69) is 0 Å². The molecule has 0 saturated heterocycles. The summed E-state index contributed by atoms with van der Waals surface area (Å²) < 4.78 is 26.6. The zero-order chi connectivity index (χ0) is 105. The number of rotatable bonds is 10. The fraction of sp³-hybridized carbons (Fsp3) is 0.204. The van der Waals surface area contributed by atoms with Gasteiger partial charge in [0.05, 0.1) is 44.3 Å². The summed E-state index contributed by atoms with van der Waals surface area (Å²) in [6, 6.07) is 40.9. The molecule has 0 spiro atoms. The molecule has 0 amide bonds. The number of benzene rings is 12. The quantitative estimate of drug-likeness (QED) is 0.0199. The molecule has 5 fully saturated rings. The molecule has 748 valence electrons. The van der Waals surface area contributed by atoms with Crippen LogP contribution in [0, 0.1) is 58.7 Å². The van der Waals surface area contributed by atoms with Gasteiger partial charge in [-0.1, -0.05) is 84.8 Å². The second-order valence-corrected chi connectivity index (χ2v) is 40.7. The van der Waals surface area contributed by atoms with Crippen LogP contribution in [0.5, 0.6) is 74.7 Å². The van der Waals surface area contributed by atoms with Crippen molar-refractivity contribution in [3.8, 4) is 142 Å². The monoisotopic (exact) mass is 2110 g/mol. The van der Waals surface area contributed by atoms with Gasteiger partial charge in [-0.15, -0.1) is 46.4 Å². The van der Waals surface area contributed by atoms with Crippen molar-refractivity contribution in [3.05, 3.63) is 279 Å². The lowest BCUT2D eigenvalue weighted by Crippen LogP contribution is -2.87. The second-order valence-electron chi connectivity index (χ2n) is 37.3. The van der Waals surface area contributed by atoms with Gasteiger partial charge in [0.25, 0.3) is 0 Å². The number of hydrogen-bond donors (Lipinski definition) is 18. The van der Waals surface area contributed by atoms with Crippen LogP contribution in [0.4, 0.5) is 0 Å². The average Bonchev–Trinajstić information content (AvgIpc) is 1.51. The number of phenols is 13. The number of fused-ring (bicyclic) bond motifs is 15. The molecule has 5 aliphatic heterocycles. The average molecular weight is 2110 g/mol. The van der Waals surface area contributed by atoms with Gasteiger partial charge in [0.1, 0.15) is 21.4 Å². The Hall–Kier alpha value is -16.0. The summed E-state index contributed by atoms with van der Waals surface area (Å²) in [6.07, 6.45) is 11.1. The van der Waals surface area contributed by atoms with E-state index in [1.807, 2.05) is 31.2 Å². The molecule has 17 unspecified atom stereocenters. The topological polar surface area (TPSA) is 601 Å². The molecule has 12 aliphatic carbocycles. The lowest BCUT2D eigenvalue weighted by atomic mass is 9.38. The molecule has 24 rings (SSSR count). The predicted octanol–water partition coefficient (Wildman–Crippen LogP) is 19.7. The molecule has 33 nitrogen and oxygen atoms in total. The molecular formula is C108H76Cl6O33. The largest absolute Gasteiger partial charge is 0.508 e. The van der Waals surface area contributed by atoms with Gasteiger partial charge in [0.2, 0.25) is 67.7 Å². The Morgan fingerprint density at radius 3 is 1.38 bits per heavy atom. The Morgan fingerprint density at radius 1 is 0.415 bits per heavy atom. The Labute approximate surface area is 853 Å². The van der Waals surface area contributed by atoms with E-state index in [0.717, 1.165) is 12.1 Å². The van der Waals surface area contributed by atoms with Crippen molar-refractivity contribution in [3.63, 3.8) is 0 Å². The molecule has 5 saturated carbocycles. The summed E-state index contributed by atoms with van der Waals surface area (Å²) in [5, 5.41) is 182. The highest BCUT2D eigenvalue weighted by Crippen LogP contribution is 2.83. The summed E-state index contributed by atoms with van der Waals surface area (Å²) in [4.78, 5) is 118. The zero-order valence-corrected chi connectivity index (χ0v) is 79.9. The van der Waals surface area contributed by atoms with Crippen molar-refractivity contribution in [2.45, 2.75) is 69.3 Å². The Balaban J connectivity index is 0.000000113. The van der Waals surface area contributed by atoms with Gasteiger partial charge in [0, 0.05) is 101 Å². The number of carboxylic acids is 5. The normalized spacial score (nSPS) is 24.1. The number of hydrogen-bond acceptors (Lipinski definition) is 28. The summed E-state index contributed by atoms with van der Waals surface area (Å²) in [5.74, 6) is -17.2. The summed E-state index contributed by atoms with van der Waals surface area (Å²) in [5.41, 5.74) is 0.905. The first-order valence-corrected chi connectivity index (χ1v) is 47.7. The number of carboxylic acid groups (broad SMARTS) is 5. The number of aromatic carboxylic acids is 1. The van der Waals surface area contributed by atoms with Gasteiger partial charge in [-0.3, -0.25) is 38.4 Å². The third-order valence-corrected chi connectivity index (χ3v) is 34.4. The molecular weight excluding hydrogens is 2040 g/mol. The Kier molecular flexibility index (Phi) is 24.1. The number of halogens is 6. The Bertz CT molecular complexity index is 8790. The number of aromatic hydroxyl groups is 13. The minimum absolute atomic E-state index is 0.00541. The van der Waals surface area contributed by atoms with Gasteiger partial charge in [-0.05, 0) is 227 Å². The van der Waals surface area contributed by atoms with E-state index in [1.54, 1.807) is 54.6 Å². The molecule has 6 bridgehead atoms. The van der Waals surface area contributed by atoms with E-state index in [1.165, 1.54) is 115 Å². The van der Waals surface area contributed by atoms with Gasteiger partial charge in [-0.2, -0.15) is 0 Å². The summed E-state index contributed by atoms with van der Waals surface area (Å²) >= 11 is 40.9. The number of aliphatic carboxylic acids is 4. The highest BCUT2D eigenvalue weighted by atomic mass is 35.5. The number of carbonyl (C=O) groups is 5. The number of phenolic OH excluding ortho intramolecular Hbond substituents is 13. The van der Waals surface area contributed by atoms with E-state index in [9.17, 15) is 135 Å². The van der Waals surface area contributed by atoms with Crippen molar-refractivity contribution < 1.29 is 138 Å². The SMILES string of the molecule is CC1C2C=CC1C(c1c3ccc(=O)c(O)c-3oc3c(O)c(O)ccc13)C2C(=O)O.O=C(O)/C=C/c1c2ccc(=O)cc-2oc2cc(O)ccc12.O=C(O)C1C2C=CC(C2)C1c1c2ccc(=O)c(O)c-2oc2c(O)c(O)ccc12.O=C(O)C1CC2C3(Cl)C(Cl)C(Cl)C(Cl)C2(CC1c1c2ccc(=O)c(O)c-2oc2c(O)c(O)ccc12)C3(Cl)Cl.O=C(O)c1cccc2cccc(-c3c4ccc(=O)c(O)c-4oc4c(O)c(O)ccc34)c12. The third kappa shape index (κ3) is 15.1. The van der Waals surface area contributed by atoms with Crippen LogP contribution in [-0.2, 0) is 19.2 Å². The van der Waals surface area contributed by atoms with Crippen LogP contribution in [-0.4, -0.2) is 147 Å². The van der Waals surface area contributed by atoms with Crippen molar-refractivity contribution >= 4 is 171 Å². The minimum Gasteiger partial charge on any atom is -0.508 e. The van der Waals surface area contributed by atoms with Gasteiger partial charge in [-0.25, -0.2) is 9.59 Å². The van der Waals surface area contributed by atoms with E-state index in [4.69, 9.17) is 96.8 Å². The van der Waals surface area contributed by atoms with Crippen molar-refractivity contribution in [1.29, 1.82) is 0 Å². The zero-order valence-electron chi connectivity index (χ0n) is 75.4. The smallest absolute Gasteiger partial charge is 0.336 e. The fourth-order valence-electron chi connectivity index (χ4n) is 23.5. The standard InChI is InChI=1S/C25H18Cl6O7.C24H14O7.C22H18O7.C21H16O7.C16H10O5/c26-15-20(27)23-6-10(9(22(36)37)5-13(23)24(29,21(15)28)25(23,30)31)14-7-1-3-11(32)16(34)18(7)38-19-8(14)2-4-12(33)17(19)35;25-16-9-7-13-19(12-5-1-3-11-4-2-6-15(18(11)12)24(29)30)14-8-10-17(26)21(28)23(14)31-22(13)20(16)27;1-8-9-2-3-10(8)17(22(27)28)16(9)15-11-4-6-13(23)18(25)20(11)29-21-12(15)5-7-14(24)19(21)26;22-12-5-3-10-16(14-8-1-2-9(7-8)15(14)21(26)27)11-4-6-13(23)18(25)20(11)28-19(10)17(12)24;17-9-1-3-12-11(5-6-16(19)20)13-4-2-10(18)8-15(13)21-14(12)7-9/h1-4,9-10,13,15,20-21,32,34-35H,5-6H2,(H,36,37);1-10,25,27-28H,(H,29,30);2-10,16-17,23,25-26H,1H3,(H,27,28);1-6,8-9,14-15,22,24-25H,7H2,(H,26,27);1-8,17H,(H,19,20)/b;;;;6-5+. The highest BCUT2D eigenvalue weighted by Gasteiger charge is 2.88. The molecule has 5 heterocycles. The van der Waals surface area contributed by atoms with E-state index < -0.39 is 193 Å². The van der Waals surface area contributed by atoms with E-state index in [0.29, 0.717) is 106 Å². The highest BCUT2D eigenvalue weighted by molar-refractivity contribution is 6.58. The molecule has 18 N–H and O–H groups in total. The van der Waals surface area contributed by atoms with Crippen molar-refractivity contribution in [1.82, 2.24) is 0 Å². The molecule has 0 aromatic heterocycles. The van der Waals surface area contributed by atoms with Crippen LogP contribution >= 0.6 is 69.6 Å². The van der Waals surface area contributed by atoms with Crippen LogP contribution < -0.4 is 27.1 Å². The first kappa shape index (κ1) is 98.4. The summed E-state index contributed by atoms with van der Waals surface area (Å²) in [6.45, 7) is 2.01. The molecule has 7 aromatic rings. The first-order valence-electron chi connectivity index (χ1n) is 45.3. The molecule has 17 atom stereocenters. The molecule has 147 heavy (non-hydrogen) atoms. The maximum Gasteiger partial charge on any atom is 0.336 e. The van der Waals surface area contributed by atoms with Crippen LogP contribution in [0.25, 0.3) is 139 Å². The Morgan fingerprint density at radius 2 is 0.871 bits per heavy atom. The van der Waals surface area contributed by atoms with Gasteiger partial charge >= 0.3 is 29.8 Å². The molecule has 7 aromatic carbocycles. The fourth-order valence-corrected chi connectivity index (χ4v) is 27.1. The maximum absolute atomic E-state index is 12.7. The lowest BCUT2D eigenvalue weighted by molar-refractivity contribution is -0.160. The molecule has 0 radical (unpaired) electrons.